The van der Waals surface area contributed by atoms with Gasteiger partial charge in [-0.1, -0.05) is 18.2 Å². The number of ether oxygens (including phenoxy) is 1. The molecule has 6 heteroatoms. The van der Waals surface area contributed by atoms with Crippen molar-refractivity contribution in [2.75, 3.05) is 13.7 Å². The molecule has 1 N–H and O–H groups in total. The summed E-state index contributed by atoms with van der Waals surface area (Å²) in [5.41, 5.74) is 1.35. The van der Waals surface area contributed by atoms with Gasteiger partial charge in [0.15, 0.2) is 5.76 Å². The molecule has 1 aromatic heterocycles. The summed E-state index contributed by atoms with van der Waals surface area (Å²) < 4.78 is 11.0. The van der Waals surface area contributed by atoms with Crippen LogP contribution in [0.25, 0.3) is 11.0 Å². The van der Waals surface area contributed by atoms with E-state index in [0.29, 0.717) is 24.1 Å². The van der Waals surface area contributed by atoms with Crippen LogP contribution in [0.3, 0.4) is 0 Å². The number of likely N-dealkylation sites (tertiary alicyclic amines) is 1. The molecule has 1 aromatic carbocycles. The van der Waals surface area contributed by atoms with Gasteiger partial charge in [0.2, 0.25) is 0 Å². The van der Waals surface area contributed by atoms with Crippen LogP contribution in [0.5, 0.6) is 0 Å². The van der Waals surface area contributed by atoms with Crippen LogP contribution in [-0.2, 0) is 16.1 Å². The normalized spacial score (nSPS) is 17.8. The average Bonchev–Trinajstić information content (AvgIpc) is 3.12. The van der Waals surface area contributed by atoms with Gasteiger partial charge in [0, 0.05) is 30.6 Å². The van der Waals surface area contributed by atoms with Crippen LogP contribution < -0.4 is 0 Å². The Kier molecular flexibility index (Phi) is 4.34. The van der Waals surface area contributed by atoms with Crippen molar-refractivity contribution in [3.05, 3.63) is 35.6 Å². The number of furan rings is 1. The minimum absolute atomic E-state index is 0.0361. The Morgan fingerprint density at radius 1 is 1.39 bits per heavy atom. The summed E-state index contributed by atoms with van der Waals surface area (Å²) in [6, 6.07) is 7.16. The maximum Gasteiger partial charge on any atom is 0.305 e. The first-order chi connectivity index (χ1) is 11.1. The van der Waals surface area contributed by atoms with E-state index < -0.39 is 5.97 Å². The second-order valence-corrected chi connectivity index (χ2v) is 5.73. The first-order valence-electron chi connectivity index (χ1n) is 7.64. The van der Waals surface area contributed by atoms with Gasteiger partial charge in [-0.25, -0.2) is 0 Å². The topological polar surface area (TPSA) is 80.0 Å². The summed E-state index contributed by atoms with van der Waals surface area (Å²) in [7, 11) is 1.57. The van der Waals surface area contributed by atoms with Crippen molar-refractivity contribution >= 4 is 22.8 Å². The van der Waals surface area contributed by atoms with Crippen LogP contribution in [0, 0.1) is 0 Å². The van der Waals surface area contributed by atoms with Crippen LogP contribution in [-0.4, -0.2) is 41.6 Å². The predicted octanol–water partition coefficient (Wildman–Crippen LogP) is 2.66. The van der Waals surface area contributed by atoms with Crippen LogP contribution in [0.15, 0.2) is 28.7 Å². The van der Waals surface area contributed by atoms with Crippen molar-refractivity contribution in [2.45, 2.75) is 31.9 Å². The van der Waals surface area contributed by atoms with Crippen molar-refractivity contribution in [3.63, 3.8) is 0 Å². The molecule has 0 radical (unpaired) electrons. The summed E-state index contributed by atoms with van der Waals surface area (Å²) in [4.78, 5) is 25.5. The van der Waals surface area contributed by atoms with E-state index in [1.165, 1.54) is 0 Å². The first kappa shape index (κ1) is 15.6. The molecule has 23 heavy (non-hydrogen) atoms. The molecule has 1 atom stereocenters. The van der Waals surface area contributed by atoms with Crippen molar-refractivity contribution < 1.29 is 23.8 Å². The lowest BCUT2D eigenvalue weighted by Gasteiger charge is -2.22. The molecule has 0 saturated carbocycles. The molecule has 2 aromatic rings. The molecule has 1 unspecified atom stereocenters. The number of carbonyl (C=O) groups is 2. The Labute approximate surface area is 133 Å². The summed E-state index contributed by atoms with van der Waals surface area (Å²) in [6.45, 7) is 0.829. The minimum Gasteiger partial charge on any atom is -0.481 e. The zero-order valence-corrected chi connectivity index (χ0v) is 12.9. The number of para-hydroxylation sites is 1. The van der Waals surface area contributed by atoms with Gasteiger partial charge in [-0.2, -0.15) is 0 Å². The number of aliphatic carboxylic acids is 1. The molecule has 0 aliphatic carbocycles. The van der Waals surface area contributed by atoms with Crippen molar-refractivity contribution in [1.29, 1.82) is 0 Å². The third-order valence-electron chi connectivity index (χ3n) is 4.23. The zero-order chi connectivity index (χ0) is 16.4. The molecule has 1 fully saturated rings. The number of nitrogens with zero attached hydrogens (tertiary/aromatic N) is 1. The first-order valence-corrected chi connectivity index (χ1v) is 7.64. The van der Waals surface area contributed by atoms with E-state index in [0.717, 1.165) is 11.8 Å². The number of carboxylic acid groups (broad SMARTS) is 1. The van der Waals surface area contributed by atoms with Gasteiger partial charge in [0.1, 0.15) is 5.58 Å². The quantitative estimate of drug-likeness (QED) is 0.917. The lowest BCUT2D eigenvalue weighted by atomic mass is 10.1. The predicted molar refractivity (Wildman–Crippen MR) is 83.2 cm³/mol. The molecule has 3 rings (SSSR count). The smallest absolute Gasteiger partial charge is 0.305 e. The fourth-order valence-electron chi connectivity index (χ4n) is 3.21. The molecule has 122 valence electrons. The van der Waals surface area contributed by atoms with Crippen LogP contribution in [0.1, 0.15) is 35.4 Å². The lowest BCUT2D eigenvalue weighted by Crippen LogP contribution is -2.37. The zero-order valence-electron chi connectivity index (χ0n) is 12.9. The Morgan fingerprint density at radius 3 is 2.91 bits per heavy atom. The highest BCUT2D eigenvalue weighted by Crippen LogP contribution is 2.30. The number of rotatable bonds is 5. The van der Waals surface area contributed by atoms with Gasteiger partial charge in [-0.05, 0) is 18.9 Å². The van der Waals surface area contributed by atoms with E-state index in [-0.39, 0.29) is 30.7 Å². The van der Waals surface area contributed by atoms with E-state index in [4.69, 9.17) is 14.3 Å². The summed E-state index contributed by atoms with van der Waals surface area (Å²) in [6.07, 6.45) is 1.48. The number of methoxy groups -OCH3 is 1. The van der Waals surface area contributed by atoms with E-state index in [9.17, 15) is 9.59 Å². The number of carboxylic acids is 1. The Bertz CT molecular complexity index is 736. The summed E-state index contributed by atoms with van der Waals surface area (Å²) in [5, 5.41) is 9.87. The van der Waals surface area contributed by atoms with E-state index in [1.807, 2.05) is 24.3 Å². The van der Waals surface area contributed by atoms with Crippen molar-refractivity contribution in [3.8, 4) is 0 Å². The third-order valence-corrected chi connectivity index (χ3v) is 4.23. The van der Waals surface area contributed by atoms with Gasteiger partial charge < -0.3 is 19.2 Å². The summed E-state index contributed by atoms with van der Waals surface area (Å²) >= 11 is 0. The Balaban J connectivity index is 1.96. The highest BCUT2D eigenvalue weighted by molar-refractivity contribution is 5.99. The Hall–Kier alpha value is -2.34. The van der Waals surface area contributed by atoms with Gasteiger partial charge in [-0.15, -0.1) is 0 Å². The van der Waals surface area contributed by atoms with Gasteiger partial charge >= 0.3 is 5.97 Å². The van der Waals surface area contributed by atoms with Crippen LogP contribution >= 0.6 is 0 Å². The van der Waals surface area contributed by atoms with Crippen LogP contribution in [0.2, 0.25) is 0 Å². The largest absolute Gasteiger partial charge is 0.481 e. The maximum atomic E-state index is 12.9. The van der Waals surface area contributed by atoms with Gasteiger partial charge in [0.25, 0.3) is 5.91 Å². The van der Waals surface area contributed by atoms with Crippen LogP contribution in [0.4, 0.5) is 0 Å². The van der Waals surface area contributed by atoms with Gasteiger partial charge in [-0.3, -0.25) is 9.59 Å². The number of hydrogen-bond donors (Lipinski definition) is 1. The number of carbonyl (C=O) groups excluding carboxylic acids is 1. The number of fused-ring (bicyclic) bond motifs is 1. The van der Waals surface area contributed by atoms with E-state index in [2.05, 4.69) is 0 Å². The van der Waals surface area contributed by atoms with E-state index in [1.54, 1.807) is 12.0 Å². The fraction of sp³-hybridized carbons (Fsp3) is 0.412. The third kappa shape index (κ3) is 2.94. The second kappa shape index (κ2) is 6.42. The lowest BCUT2D eigenvalue weighted by molar-refractivity contribution is -0.137. The molecule has 1 aliphatic heterocycles. The summed E-state index contributed by atoms with van der Waals surface area (Å²) in [5.74, 6) is -0.890. The molecule has 2 heterocycles. The SMILES string of the molecule is COCc1c(C(=O)N2CCCC2CC(=O)O)oc2ccccc12. The second-order valence-electron chi connectivity index (χ2n) is 5.73. The monoisotopic (exact) mass is 317 g/mol. The number of benzene rings is 1. The molecular weight excluding hydrogens is 298 g/mol. The average molecular weight is 317 g/mol. The molecule has 6 nitrogen and oxygen atoms in total. The highest BCUT2D eigenvalue weighted by atomic mass is 16.5. The van der Waals surface area contributed by atoms with E-state index >= 15 is 0 Å². The molecule has 0 spiro atoms. The maximum absolute atomic E-state index is 12.9. The van der Waals surface area contributed by atoms with Gasteiger partial charge in [0.05, 0.1) is 13.0 Å². The van der Waals surface area contributed by atoms with Crippen molar-refractivity contribution in [1.82, 2.24) is 4.90 Å². The molecular formula is C17H19NO5. The fourth-order valence-corrected chi connectivity index (χ4v) is 3.21. The minimum atomic E-state index is -0.892. The molecule has 1 amide bonds. The molecule has 1 saturated heterocycles. The highest BCUT2D eigenvalue weighted by Gasteiger charge is 2.34. The standard InChI is InChI=1S/C17H19NO5/c1-22-10-13-12-6-2-3-7-14(12)23-16(13)17(21)18-8-4-5-11(18)9-15(19)20/h2-3,6-7,11H,4-5,8-10H2,1H3,(H,19,20). The number of hydrogen-bond acceptors (Lipinski definition) is 4. The number of amides is 1. The molecule has 0 bridgehead atoms. The molecule has 1 aliphatic rings. The van der Waals surface area contributed by atoms with Crippen molar-refractivity contribution in [2.24, 2.45) is 0 Å². The Morgan fingerprint density at radius 2 is 2.17 bits per heavy atom.